The lowest BCUT2D eigenvalue weighted by molar-refractivity contribution is 0.0601. The topological polar surface area (TPSA) is 93.2 Å². The van der Waals surface area contributed by atoms with Gasteiger partial charge in [0, 0.05) is 12.2 Å². The summed E-state index contributed by atoms with van der Waals surface area (Å²) in [5.74, 6) is -0.596. The van der Waals surface area contributed by atoms with Crippen molar-refractivity contribution in [1.29, 1.82) is 0 Å². The van der Waals surface area contributed by atoms with Crippen molar-refractivity contribution in [3.05, 3.63) is 23.8 Å². The summed E-state index contributed by atoms with van der Waals surface area (Å²) < 4.78 is 35.2. The quantitative estimate of drug-likeness (QED) is 0.761. The fraction of sp³-hybridized carbons (Fsp3) is 0.429. The van der Waals surface area contributed by atoms with E-state index >= 15 is 0 Å². The maximum absolute atomic E-state index is 12.2. The first-order valence-electron chi connectivity index (χ1n) is 7.11. The Bertz CT molecular complexity index is 761. The van der Waals surface area contributed by atoms with Gasteiger partial charge in [-0.2, -0.15) is 0 Å². The summed E-state index contributed by atoms with van der Waals surface area (Å²) in [6.07, 6.45) is -0.00935. The third-order valence-corrected chi connectivity index (χ3v) is 5.68. The molecule has 8 nitrogen and oxygen atoms in total. The highest BCUT2D eigenvalue weighted by Gasteiger charge is 2.33. The number of rotatable bonds is 3. The Kier molecular flexibility index (Phi) is 3.88. The molecule has 1 aromatic rings. The van der Waals surface area contributed by atoms with Crippen LogP contribution in [0.25, 0.3) is 0 Å². The molecular formula is C14H16N2O6S. The molecule has 9 heteroatoms. The highest BCUT2D eigenvalue weighted by atomic mass is 32.2. The van der Waals surface area contributed by atoms with Gasteiger partial charge in [-0.1, -0.05) is 0 Å². The van der Waals surface area contributed by atoms with Crippen LogP contribution in [0.15, 0.2) is 18.2 Å². The van der Waals surface area contributed by atoms with E-state index in [1.807, 2.05) is 0 Å². The molecule has 124 valence electrons. The number of amides is 1. The number of carbonyl (C=O) groups excluding carboxylic acids is 2. The minimum Gasteiger partial charge on any atom is -0.465 e. The summed E-state index contributed by atoms with van der Waals surface area (Å²) >= 11 is 0. The summed E-state index contributed by atoms with van der Waals surface area (Å²) in [6.45, 7) is 0.942. The Morgan fingerprint density at radius 1 is 1.30 bits per heavy atom. The Morgan fingerprint density at radius 3 is 2.65 bits per heavy atom. The van der Waals surface area contributed by atoms with Crippen molar-refractivity contribution in [1.82, 2.24) is 0 Å². The van der Waals surface area contributed by atoms with Gasteiger partial charge in [-0.05, 0) is 24.6 Å². The van der Waals surface area contributed by atoms with Crippen molar-refractivity contribution < 1.29 is 27.5 Å². The fourth-order valence-corrected chi connectivity index (χ4v) is 4.29. The molecule has 2 fully saturated rings. The van der Waals surface area contributed by atoms with Crippen LogP contribution < -0.4 is 9.21 Å². The lowest BCUT2D eigenvalue weighted by Gasteiger charge is -2.22. The van der Waals surface area contributed by atoms with Gasteiger partial charge in [0.25, 0.3) is 0 Å². The van der Waals surface area contributed by atoms with Gasteiger partial charge in [0.15, 0.2) is 0 Å². The van der Waals surface area contributed by atoms with Crippen molar-refractivity contribution in [2.75, 3.05) is 41.8 Å². The third-order valence-electron chi connectivity index (χ3n) is 3.83. The van der Waals surface area contributed by atoms with Crippen LogP contribution in [-0.4, -0.2) is 53.0 Å². The Balaban J connectivity index is 2.09. The van der Waals surface area contributed by atoms with Crippen molar-refractivity contribution >= 4 is 33.5 Å². The van der Waals surface area contributed by atoms with Gasteiger partial charge in [-0.25, -0.2) is 18.0 Å². The number of anilines is 2. The molecule has 0 bridgehead atoms. The summed E-state index contributed by atoms with van der Waals surface area (Å²) in [5, 5.41) is 0. The summed E-state index contributed by atoms with van der Waals surface area (Å²) in [7, 11) is -2.23. The van der Waals surface area contributed by atoms with Crippen LogP contribution in [0.2, 0.25) is 0 Å². The van der Waals surface area contributed by atoms with Gasteiger partial charge in [-0.3, -0.25) is 9.21 Å². The van der Waals surface area contributed by atoms with Gasteiger partial charge in [0.05, 0.1) is 30.7 Å². The van der Waals surface area contributed by atoms with Crippen molar-refractivity contribution in [2.24, 2.45) is 0 Å². The average Bonchev–Trinajstić information content (AvgIpc) is 3.11. The highest BCUT2D eigenvalue weighted by Crippen LogP contribution is 2.33. The average molecular weight is 340 g/mol. The van der Waals surface area contributed by atoms with Crippen molar-refractivity contribution in [3.63, 3.8) is 0 Å². The van der Waals surface area contributed by atoms with E-state index in [0.717, 1.165) is 0 Å². The van der Waals surface area contributed by atoms with Crippen LogP contribution in [-0.2, 0) is 19.5 Å². The van der Waals surface area contributed by atoms with Crippen LogP contribution >= 0.6 is 0 Å². The van der Waals surface area contributed by atoms with Crippen molar-refractivity contribution in [2.45, 2.75) is 6.42 Å². The number of hydrogen-bond donors (Lipinski definition) is 0. The molecule has 0 unspecified atom stereocenters. The first-order chi connectivity index (χ1) is 10.9. The first kappa shape index (κ1) is 15.6. The van der Waals surface area contributed by atoms with Gasteiger partial charge in [0.2, 0.25) is 10.0 Å². The number of cyclic esters (lactones) is 1. The number of carbonyl (C=O) groups is 2. The molecule has 0 radical (unpaired) electrons. The van der Waals surface area contributed by atoms with Crippen LogP contribution in [0.3, 0.4) is 0 Å². The largest absolute Gasteiger partial charge is 0.465 e. The molecule has 1 aromatic carbocycles. The molecular weight excluding hydrogens is 324 g/mol. The van der Waals surface area contributed by atoms with Crippen LogP contribution in [0, 0.1) is 0 Å². The number of benzene rings is 1. The zero-order chi connectivity index (χ0) is 16.6. The number of nitrogens with zero attached hydrogens (tertiary/aromatic N) is 2. The van der Waals surface area contributed by atoms with E-state index in [0.29, 0.717) is 25.2 Å². The second-order valence-electron chi connectivity index (χ2n) is 5.20. The molecule has 23 heavy (non-hydrogen) atoms. The molecule has 3 rings (SSSR count). The SMILES string of the molecule is COC(=O)c1ccc(N2CCOC2=O)cc1N1CCCS1(=O)=O. The minimum absolute atomic E-state index is 0.0313. The normalized spacial score (nSPS) is 19.8. The molecule has 0 aliphatic carbocycles. The Labute approximate surface area is 133 Å². The van der Waals surface area contributed by atoms with Gasteiger partial charge in [0.1, 0.15) is 6.61 Å². The van der Waals surface area contributed by atoms with Crippen molar-refractivity contribution in [3.8, 4) is 0 Å². The van der Waals surface area contributed by atoms with Crippen LogP contribution in [0.1, 0.15) is 16.8 Å². The highest BCUT2D eigenvalue weighted by molar-refractivity contribution is 7.93. The first-order valence-corrected chi connectivity index (χ1v) is 8.72. The van der Waals surface area contributed by atoms with E-state index in [-0.39, 0.29) is 23.6 Å². The summed E-state index contributed by atoms with van der Waals surface area (Å²) in [4.78, 5) is 25.0. The molecule has 2 aliphatic heterocycles. The van der Waals surface area contributed by atoms with E-state index < -0.39 is 22.1 Å². The summed E-state index contributed by atoms with van der Waals surface area (Å²) in [5.41, 5.74) is 0.859. The lowest BCUT2D eigenvalue weighted by atomic mass is 10.1. The summed E-state index contributed by atoms with van der Waals surface area (Å²) in [6, 6.07) is 4.56. The number of sulfonamides is 1. The molecule has 2 heterocycles. The maximum Gasteiger partial charge on any atom is 0.414 e. The minimum atomic E-state index is -3.47. The maximum atomic E-state index is 12.2. The predicted molar refractivity (Wildman–Crippen MR) is 82.2 cm³/mol. The van der Waals surface area contributed by atoms with E-state index in [1.165, 1.54) is 28.4 Å². The van der Waals surface area contributed by atoms with Gasteiger partial charge < -0.3 is 9.47 Å². The van der Waals surface area contributed by atoms with Gasteiger partial charge >= 0.3 is 12.1 Å². The molecule has 0 N–H and O–H groups in total. The van der Waals surface area contributed by atoms with Gasteiger partial charge in [-0.15, -0.1) is 0 Å². The molecule has 0 saturated carbocycles. The van der Waals surface area contributed by atoms with Crippen LogP contribution in [0.5, 0.6) is 0 Å². The molecule has 0 spiro atoms. The van der Waals surface area contributed by atoms with E-state index in [4.69, 9.17) is 9.47 Å². The van der Waals surface area contributed by atoms with E-state index in [2.05, 4.69) is 0 Å². The second-order valence-corrected chi connectivity index (χ2v) is 7.21. The molecule has 2 saturated heterocycles. The fourth-order valence-electron chi connectivity index (χ4n) is 2.71. The van der Waals surface area contributed by atoms with Crippen LogP contribution in [0.4, 0.5) is 16.2 Å². The molecule has 0 aromatic heterocycles. The molecule has 1 amide bonds. The zero-order valence-electron chi connectivity index (χ0n) is 12.5. The van der Waals surface area contributed by atoms with E-state index in [9.17, 15) is 18.0 Å². The number of esters is 1. The standard InChI is InChI=1S/C14H16N2O6S/c1-21-13(17)11-4-3-10(15-6-7-22-14(15)18)9-12(11)16-5-2-8-23(16,19)20/h3-4,9H,2,5-8H2,1H3. The Hall–Kier alpha value is -2.29. The second kappa shape index (κ2) is 5.73. The number of hydrogen-bond acceptors (Lipinski definition) is 6. The number of ether oxygens (including phenoxy) is 2. The molecule has 0 atom stereocenters. The zero-order valence-corrected chi connectivity index (χ0v) is 13.3. The predicted octanol–water partition coefficient (Wildman–Crippen LogP) is 0.970. The molecule has 2 aliphatic rings. The monoisotopic (exact) mass is 340 g/mol. The van der Waals surface area contributed by atoms with E-state index in [1.54, 1.807) is 6.07 Å². The smallest absolute Gasteiger partial charge is 0.414 e. The lowest BCUT2D eigenvalue weighted by Crippen LogP contribution is -2.28. The third kappa shape index (κ3) is 2.72. The Morgan fingerprint density at radius 2 is 2.09 bits per heavy atom. The number of methoxy groups -OCH3 is 1.